The van der Waals surface area contributed by atoms with Crippen LogP contribution in [0.25, 0.3) is 0 Å². The first-order chi connectivity index (χ1) is 5.54. The Hall–Kier alpha value is 0. The van der Waals surface area contributed by atoms with Gasteiger partial charge in [-0.2, -0.15) is 0 Å². The molecule has 0 aromatic carbocycles. The second-order valence-corrected chi connectivity index (χ2v) is 3.60. The van der Waals surface area contributed by atoms with Crippen molar-refractivity contribution in [1.82, 2.24) is 0 Å². The molecule has 0 atom stereocenters. The Morgan fingerprint density at radius 1 is 0.750 bits per heavy atom. The minimum absolute atomic E-state index is 0. The van der Waals surface area contributed by atoms with Gasteiger partial charge in [-0.25, -0.2) is 0 Å². The molecule has 0 rings (SSSR count). The third-order valence-electron chi connectivity index (χ3n) is 1.63. The summed E-state index contributed by atoms with van der Waals surface area (Å²) in [5.41, 5.74) is 0. The van der Waals surface area contributed by atoms with Gasteiger partial charge < -0.3 is 0 Å². The Kier molecular flexibility index (Phi) is 25.7. The van der Waals surface area contributed by atoms with Crippen molar-refractivity contribution in [2.75, 3.05) is 0 Å². The van der Waals surface area contributed by atoms with Crippen molar-refractivity contribution in [3.05, 3.63) is 0 Å². The van der Waals surface area contributed by atoms with Gasteiger partial charge >= 0.3 is 0 Å². The molecule has 0 aromatic rings. The van der Waals surface area contributed by atoms with Crippen LogP contribution in [0.4, 0.5) is 0 Å². The van der Waals surface area contributed by atoms with Crippen LogP contribution in [0.1, 0.15) is 69.7 Å². The molecule has 0 N–H and O–H groups in total. The summed E-state index contributed by atoms with van der Waals surface area (Å²) in [7, 11) is 0. The fourth-order valence-corrected chi connectivity index (χ4v) is 0. The highest BCUT2D eigenvalue weighted by Gasteiger charge is 1.80. The van der Waals surface area contributed by atoms with Crippen molar-refractivity contribution in [3.8, 4) is 0 Å². The standard InChI is InChI=1S/2C5H12.C2H6.H2/c2*1-4-5(2)3;1-2;/h2*5H,4H2,1-3H3;1-2H3;1H. The predicted molar refractivity (Wildman–Crippen MR) is 63.7 cm³/mol. The van der Waals surface area contributed by atoms with Crippen LogP contribution < -0.4 is 0 Å². The maximum absolute atomic E-state index is 2.22. The van der Waals surface area contributed by atoms with Crippen molar-refractivity contribution in [1.29, 1.82) is 0 Å². The highest BCUT2D eigenvalue weighted by Crippen LogP contribution is 1.94. The Morgan fingerprint density at radius 3 is 0.833 bits per heavy atom. The molecule has 12 heavy (non-hydrogen) atoms. The lowest BCUT2D eigenvalue weighted by atomic mass is 10.2. The molecule has 0 amide bonds. The second kappa shape index (κ2) is 17.2. The van der Waals surface area contributed by atoms with Crippen LogP contribution in [-0.4, -0.2) is 0 Å². The predicted octanol–water partition coefficient (Wildman–Crippen LogP) is 5.38. The van der Waals surface area contributed by atoms with Crippen LogP contribution >= 0.6 is 0 Å². The van der Waals surface area contributed by atoms with Gasteiger partial charge in [-0.15, -0.1) is 0 Å². The normalized spacial score (nSPS) is 8.50. The van der Waals surface area contributed by atoms with Crippen molar-refractivity contribution in [2.45, 2.75) is 68.2 Å². The number of hydrogen-bond acceptors (Lipinski definition) is 0. The van der Waals surface area contributed by atoms with Crippen LogP contribution in [0.15, 0.2) is 0 Å². The van der Waals surface area contributed by atoms with Crippen LogP contribution in [-0.2, 0) is 0 Å². The van der Waals surface area contributed by atoms with E-state index in [1.54, 1.807) is 0 Å². The minimum atomic E-state index is 0. The van der Waals surface area contributed by atoms with E-state index in [4.69, 9.17) is 0 Å². The van der Waals surface area contributed by atoms with Gasteiger partial charge in [0.05, 0.1) is 0 Å². The SMILES string of the molecule is CC.CCC(C)C.CCC(C)C.[HH]. The van der Waals surface area contributed by atoms with Gasteiger partial charge in [-0.3, -0.25) is 0 Å². The topological polar surface area (TPSA) is 0 Å². The van der Waals surface area contributed by atoms with E-state index >= 15 is 0 Å². The first kappa shape index (κ1) is 17.9. The number of rotatable bonds is 2. The fraction of sp³-hybridized carbons (Fsp3) is 1.00. The Balaban J connectivity index is -0.0000000491. The van der Waals surface area contributed by atoms with E-state index in [-0.39, 0.29) is 1.43 Å². The van der Waals surface area contributed by atoms with E-state index in [0.29, 0.717) is 0 Å². The molecule has 80 valence electrons. The molecule has 0 bridgehead atoms. The Bertz CT molecular complexity index is 41.1. The van der Waals surface area contributed by atoms with Gasteiger partial charge in [0.1, 0.15) is 0 Å². The second-order valence-electron chi connectivity index (χ2n) is 3.60. The highest BCUT2D eigenvalue weighted by molar-refractivity contribution is 4.33. The van der Waals surface area contributed by atoms with Crippen LogP contribution in [0.5, 0.6) is 0 Å². The summed E-state index contributed by atoms with van der Waals surface area (Å²) in [6.45, 7) is 17.3. The molecule has 0 saturated heterocycles. The quantitative estimate of drug-likeness (QED) is 0.530. The first-order valence-electron chi connectivity index (χ1n) is 5.54. The zero-order valence-electron chi connectivity index (χ0n) is 10.6. The van der Waals surface area contributed by atoms with Crippen LogP contribution in [0.3, 0.4) is 0 Å². The molecule has 0 saturated carbocycles. The summed E-state index contributed by atoms with van der Waals surface area (Å²) in [6, 6.07) is 0. The molecule has 0 aliphatic carbocycles. The lowest BCUT2D eigenvalue weighted by molar-refractivity contribution is 0.626. The lowest BCUT2D eigenvalue weighted by Crippen LogP contribution is -1.77. The monoisotopic (exact) mass is 176 g/mol. The molecular weight excluding hydrogens is 144 g/mol. The summed E-state index contributed by atoms with van der Waals surface area (Å²) >= 11 is 0. The van der Waals surface area contributed by atoms with E-state index in [2.05, 4.69) is 41.5 Å². The molecule has 0 unspecified atom stereocenters. The maximum atomic E-state index is 2.22. The van der Waals surface area contributed by atoms with E-state index in [1.165, 1.54) is 12.8 Å². The average molecular weight is 176 g/mol. The Labute approximate surface area is 82.3 Å². The third kappa shape index (κ3) is 50.6. The summed E-state index contributed by atoms with van der Waals surface area (Å²) in [5.74, 6) is 1.77. The van der Waals surface area contributed by atoms with Gasteiger partial charge in [-0.05, 0) is 11.8 Å². The number of hydrogen-bond donors (Lipinski definition) is 0. The van der Waals surface area contributed by atoms with Crippen molar-refractivity contribution < 1.29 is 1.43 Å². The first-order valence-corrected chi connectivity index (χ1v) is 5.54. The summed E-state index contributed by atoms with van der Waals surface area (Å²) in [4.78, 5) is 0. The van der Waals surface area contributed by atoms with Gasteiger partial charge in [0, 0.05) is 1.43 Å². The molecule has 0 heteroatoms. The summed E-state index contributed by atoms with van der Waals surface area (Å²) < 4.78 is 0. The van der Waals surface area contributed by atoms with Crippen LogP contribution in [0, 0.1) is 11.8 Å². The van der Waals surface area contributed by atoms with Gasteiger partial charge in [0.2, 0.25) is 0 Å². The summed E-state index contributed by atoms with van der Waals surface area (Å²) in [5, 5.41) is 0. The molecular formula is C12H32. The van der Waals surface area contributed by atoms with Gasteiger partial charge in [-0.1, -0.05) is 68.2 Å². The summed E-state index contributed by atoms with van der Waals surface area (Å²) in [6.07, 6.45) is 2.61. The van der Waals surface area contributed by atoms with E-state index in [9.17, 15) is 0 Å². The van der Waals surface area contributed by atoms with Crippen molar-refractivity contribution in [3.63, 3.8) is 0 Å². The molecule has 0 spiro atoms. The fourth-order valence-electron chi connectivity index (χ4n) is 0. The molecule has 0 aliphatic rings. The van der Waals surface area contributed by atoms with E-state index in [1.807, 2.05) is 13.8 Å². The molecule has 0 radical (unpaired) electrons. The molecule has 0 heterocycles. The smallest absolute Gasteiger partial charge is 0 e. The molecule has 0 nitrogen and oxygen atoms in total. The van der Waals surface area contributed by atoms with Gasteiger partial charge in [0.25, 0.3) is 0 Å². The average Bonchev–Trinajstić information content (AvgIpc) is 2.09. The largest absolute Gasteiger partial charge is 0.0683 e. The minimum Gasteiger partial charge on any atom is -0.0683 e. The van der Waals surface area contributed by atoms with E-state index < -0.39 is 0 Å². The van der Waals surface area contributed by atoms with E-state index in [0.717, 1.165) is 11.8 Å². The zero-order valence-corrected chi connectivity index (χ0v) is 10.6. The third-order valence-corrected chi connectivity index (χ3v) is 1.63. The Morgan fingerprint density at radius 2 is 0.833 bits per heavy atom. The highest BCUT2D eigenvalue weighted by atomic mass is 13.9. The maximum Gasteiger partial charge on any atom is 0 e. The lowest BCUT2D eigenvalue weighted by Gasteiger charge is -1.90. The van der Waals surface area contributed by atoms with Crippen LogP contribution in [0.2, 0.25) is 0 Å². The molecule has 0 fully saturated rings. The zero-order chi connectivity index (χ0) is 10.6. The molecule has 0 aromatic heterocycles. The van der Waals surface area contributed by atoms with Gasteiger partial charge in [0.15, 0.2) is 0 Å². The molecule has 0 aliphatic heterocycles. The van der Waals surface area contributed by atoms with Crippen molar-refractivity contribution >= 4 is 0 Å². The van der Waals surface area contributed by atoms with Crippen molar-refractivity contribution in [2.24, 2.45) is 11.8 Å².